The Balaban J connectivity index is 3.17. The van der Waals surface area contributed by atoms with Crippen molar-refractivity contribution in [3.63, 3.8) is 0 Å². The molecule has 14 heavy (non-hydrogen) atoms. The number of carbonyl (C=O) groups excluding carboxylic acids is 1. The van der Waals surface area contributed by atoms with E-state index in [1.165, 1.54) is 0 Å². The van der Waals surface area contributed by atoms with Gasteiger partial charge in [0.15, 0.2) is 24.0 Å². The maximum Gasteiger partial charge on any atom is 0.239 e. The molecule has 0 amide bonds. The molecule has 0 aromatic heterocycles. The minimum absolute atomic E-state index is 0.0438. The van der Waals surface area contributed by atoms with Gasteiger partial charge in [-0.1, -0.05) is 0 Å². The zero-order valence-electron chi connectivity index (χ0n) is 6.61. The van der Waals surface area contributed by atoms with Crippen LogP contribution in [0.4, 0.5) is 17.6 Å². The standard InChI is InChI=1S/C8H3F4O2/c9-4-3-5(10)7(12)8(6(4)11)14-2-1-13/h3H,2H2. The highest BCUT2D eigenvalue weighted by atomic mass is 19.2. The minimum atomic E-state index is -1.68. The van der Waals surface area contributed by atoms with Crippen molar-refractivity contribution in [3.8, 4) is 5.75 Å². The van der Waals surface area contributed by atoms with Crippen molar-refractivity contribution in [1.82, 2.24) is 0 Å². The smallest absolute Gasteiger partial charge is 0.239 e. The predicted molar refractivity (Wildman–Crippen MR) is 37.5 cm³/mol. The zero-order valence-corrected chi connectivity index (χ0v) is 6.61. The molecule has 1 aromatic rings. The molecule has 0 atom stereocenters. The van der Waals surface area contributed by atoms with Crippen LogP contribution in [0.15, 0.2) is 6.07 Å². The van der Waals surface area contributed by atoms with E-state index in [0.717, 1.165) is 6.29 Å². The van der Waals surface area contributed by atoms with E-state index in [-0.39, 0.29) is 6.07 Å². The summed E-state index contributed by atoms with van der Waals surface area (Å²) in [6, 6.07) is 0.0438. The first-order chi connectivity index (χ1) is 6.57. The molecule has 0 heterocycles. The molecule has 0 aliphatic rings. The summed E-state index contributed by atoms with van der Waals surface area (Å²) in [6.07, 6.45) is 1.16. The Labute approximate surface area is 76.1 Å². The molecular formula is C8H3F4O2. The maximum absolute atomic E-state index is 12.7. The van der Waals surface area contributed by atoms with Crippen molar-refractivity contribution < 1.29 is 27.1 Å². The average molecular weight is 207 g/mol. The molecule has 0 fully saturated rings. The first-order valence-electron chi connectivity index (χ1n) is 3.38. The third-order valence-electron chi connectivity index (χ3n) is 1.35. The number of halogens is 4. The van der Waals surface area contributed by atoms with Gasteiger partial charge in [-0.15, -0.1) is 0 Å². The first-order valence-corrected chi connectivity index (χ1v) is 3.38. The van der Waals surface area contributed by atoms with Crippen LogP contribution in [0.1, 0.15) is 0 Å². The number of benzene rings is 1. The molecule has 2 nitrogen and oxygen atoms in total. The van der Waals surface area contributed by atoms with Gasteiger partial charge in [0, 0.05) is 6.07 Å². The third-order valence-corrected chi connectivity index (χ3v) is 1.35. The van der Waals surface area contributed by atoms with E-state index in [4.69, 9.17) is 0 Å². The Hall–Kier alpha value is -1.59. The second kappa shape index (κ2) is 4.08. The van der Waals surface area contributed by atoms with E-state index >= 15 is 0 Å². The molecule has 0 aliphatic carbocycles. The molecule has 0 saturated heterocycles. The SMILES string of the molecule is O=[C]COc1c(F)c(F)cc(F)c1F. The maximum atomic E-state index is 12.7. The lowest BCUT2D eigenvalue weighted by molar-refractivity contribution is 0.305. The summed E-state index contributed by atoms with van der Waals surface area (Å²) in [5, 5.41) is 0. The summed E-state index contributed by atoms with van der Waals surface area (Å²) in [4.78, 5) is 9.69. The van der Waals surface area contributed by atoms with Gasteiger partial charge in [0.1, 0.15) is 0 Å². The summed E-state index contributed by atoms with van der Waals surface area (Å²) >= 11 is 0. The van der Waals surface area contributed by atoms with Crippen molar-refractivity contribution >= 4 is 6.29 Å². The summed E-state index contributed by atoms with van der Waals surface area (Å²) in [5.74, 6) is -7.81. The Bertz CT molecular complexity index is 339. The van der Waals surface area contributed by atoms with Crippen LogP contribution in [-0.2, 0) is 4.79 Å². The quantitative estimate of drug-likeness (QED) is 0.557. The normalized spacial score (nSPS) is 10.0. The summed E-state index contributed by atoms with van der Waals surface area (Å²) < 4.78 is 54.6. The van der Waals surface area contributed by atoms with E-state index in [9.17, 15) is 22.4 Å². The monoisotopic (exact) mass is 207 g/mol. The van der Waals surface area contributed by atoms with Gasteiger partial charge in [-0.3, -0.25) is 4.79 Å². The Morgan fingerprint density at radius 3 is 2.07 bits per heavy atom. The lowest BCUT2D eigenvalue weighted by Gasteiger charge is -2.05. The van der Waals surface area contributed by atoms with Crippen molar-refractivity contribution in [3.05, 3.63) is 29.3 Å². The van der Waals surface area contributed by atoms with Crippen molar-refractivity contribution in [2.45, 2.75) is 0 Å². The van der Waals surface area contributed by atoms with Crippen LogP contribution in [0.2, 0.25) is 0 Å². The van der Waals surface area contributed by atoms with E-state index in [0.29, 0.717) is 0 Å². The zero-order chi connectivity index (χ0) is 10.7. The van der Waals surface area contributed by atoms with Crippen LogP contribution in [-0.4, -0.2) is 12.9 Å². The summed E-state index contributed by atoms with van der Waals surface area (Å²) in [6.45, 7) is -0.809. The van der Waals surface area contributed by atoms with Crippen molar-refractivity contribution in [2.24, 2.45) is 0 Å². The van der Waals surface area contributed by atoms with E-state index in [2.05, 4.69) is 4.74 Å². The predicted octanol–water partition coefficient (Wildman–Crippen LogP) is 1.73. The fourth-order valence-electron chi connectivity index (χ4n) is 0.780. The highest BCUT2D eigenvalue weighted by Crippen LogP contribution is 2.25. The lowest BCUT2D eigenvalue weighted by atomic mass is 10.3. The topological polar surface area (TPSA) is 26.3 Å². The largest absolute Gasteiger partial charge is 0.479 e. The van der Waals surface area contributed by atoms with Crippen molar-refractivity contribution in [2.75, 3.05) is 6.61 Å². The average Bonchev–Trinajstić information content (AvgIpc) is 2.15. The lowest BCUT2D eigenvalue weighted by Crippen LogP contribution is -2.05. The molecule has 1 aromatic carbocycles. The third kappa shape index (κ3) is 1.84. The second-order valence-corrected chi connectivity index (χ2v) is 2.23. The molecule has 0 N–H and O–H groups in total. The molecule has 0 spiro atoms. The van der Waals surface area contributed by atoms with E-state index < -0.39 is 35.6 Å². The first kappa shape index (κ1) is 10.5. The van der Waals surface area contributed by atoms with Gasteiger partial charge < -0.3 is 4.74 Å². The van der Waals surface area contributed by atoms with Crippen LogP contribution in [0, 0.1) is 23.3 Å². The number of hydrogen-bond acceptors (Lipinski definition) is 2. The molecule has 1 rings (SSSR count). The van der Waals surface area contributed by atoms with Crippen LogP contribution in [0.25, 0.3) is 0 Å². The highest BCUT2D eigenvalue weighted by Gasteiger charge is 2.20. The van der Waals surface area contributed by atoms with Gasteiger partial charge in [0.25, 0.3) is 0 Å². The highest BCUT2D eigenvalue weighted by molar-refractivity contribution is 5.52. The fourth-order valence-corrected chi connectivity index (χ4v) is 0.780. The van der Waals surface area contributed by atoms with Crippen LogP contribution in [0.3, 0.4) is 0 Å². The van der Waals surface area contributed by atoms with Gasteiger partial charge in [0.05, 0.1) is 0 Å². The molecule has 0 unspecified atom stereocenters. The molecule has 6 heteroatoms. The number of ether oxygens (including phenoxy) is 1. The van der Waals surface area contributed by atoms with Gasteiger partial charge in [-0.05, 0) is 0 Å². The number of rotatable bonds is 3. The van der Waals surface area contributed by atoms with Crippen LogP contribution < -0.4 is 4.74 Å². The van der Waals surface area contributed by atoms with Crippen LogP contribution >= 0.6 is 0 Å². The Kier molecular flexibility index (Phi) is 3.06. The van der Waals surface area contributed by atoms with E-state index in [1.54, 1.807) is 0 Å². The summed E-state index contributed by atoms with van der Waals surface area (Å²) in [7, 11) is 0. The Morgan fingerprint density at radius 1 is 1.14 bits per heavy atom. The van der Waals surface area contributed by atoms with Gasteiger partial charge in [-0.2, -0.15) is 8.78 Å². The second-order valence-electron chi connectivity index (χ2n) is 2.23. The number of hydrogen-bond donors (Lipinski definition) is 0. The minimum Gasteiger partial charge on any atom is -0.479 e. The molecule has 75 valence electrons. The molecule has 0 saturated carbocycles. The molecule has 0 bridgehead atoms. The van der Waals surface area contributed by atoms with E-state index in [1.807, 2.05) is 0 Å². The Morgan fingerprint density at radius 2 is 1.64 bits per heavy atom. The molecular weight excluding hydrogens is 204 g/mol. The van der Waals surface area contributed by atoms with Gasteiger partial charge in [-0.25, -0.2) is 8.78 Å². The molecule has 0 aliphatic heterocycles. The van der Waals surface area contributed by atoms with Crippen molar-refractivity contribution in [1.29, 1.82) is 0 Å². The van der Waals surface area contributed by atoms with Gasteiger partial charge in [0.2, 0.25) is 17.9 Å². The fraction of sp³-hybridized carbons (Fsp3) is 0.125. The van der Waals surface area contributed by atoms with Gasteiger partial charge >= 0.3 is 0 Å². The summed E-state index contributed by atoms with van der Waals surface area (Å²) in [5.41, 5.74) is 0. The molecule has 1 radical (unpaired) electrons. The van der Waals surface area contributed by atoms with Crippen LogP contribution in [0.5, 0.6) is 5.75 Å².